The topological polar surface area (TPSA) is 88.2 Å². The number of aromatic carboxylic acids is 1. The van der Waals surface area contributed by atoms with E-state index < -0.39 is 5.97 Å². The first kappa shape index (κ1) is 10.6. The Morgan fingerprint density at radius 3 is 3.06 bits per heavy atom. The highest BCUT2D eigenvalue weighted by atomic mass is 32.1. The van der Waals surface area contributed by atoms with Gasteiger partial charge in [0.05, 0.1) is 12.7 Å². The number of anilines is 1. The van der Waals surface area contributed by atoms with Gasteiger partial charge in [0.2, 0.25) is 5.89 Å². The molecule has 0 aromatic carbocycles. The fraction of sp³-hybridized carbons (Fsp3) is 0.222. The minimum atomic E-state index is -1.03. The molecule has 0 amide bonds. The van der Waals surface area contributed by atoms with E-state index in [2.05, 4.69) is 15.3 Å². The van der Waals surface area contributed by atoms with Crippen LogP contribution in [0.2, 0.25) is 0 Å². The van der Waals surface area contributed by atoms with Crippen LogP contribution in [0.4, 0.5) is 5.13 Å². The summed E-state index contributed by atoms with van der Waals surface area (Å²) in [5.74, 6) is 0.253. The Bertz CT molecular complexity index is 506. The van der Waals surface area contributed by atoms with Crippen molar-refractivity contribution in [3.8, 4) is 0 Å². The molecule has 0 aliphatic heterocycles. The summed E-state index contributed by atoms with van der Waals surface area (Å²) >= 11 is 1.23. The average Bonchev–Trinajstić information content (AvgIpc) is 2.83. The molecule has 84 valence electrons. The van der Waals surface area contributed by atoms with Crippen LogP contribution in [0.3, 0.4) is 0 Å². The molecule has 2 rings (SSSR count). The molecule has 0 aliphatic carbocycles. The molecule has 2 N–H and O–H groups in total. The highest BCUT2D eigenvalue weighted by Crippen LogP contribution is 2.16. The summed E-state index contributed by atoms with van der Waals surface area (Å²) < 4.78 is 5.25. The van der Waals surface area contributed by atoms with Crippen LogP contribution in [0, 0.1) is 6.92 Å². The van der Waals surface area contributed by atoms with Crippen LogP contribution < -0.4 is 5.32 Å². The third kappa shape index (κ3) is 2.37. The molecular weight excluding hydrogens is 230 g/mol. The van der Waals surface area contributed by atoms with E-state index in [1.54, 1.807) is 6.20 Å². The molecule has 0 saturated carbocycles. The van der Waals surface area contributed by atoms with E-state index in [-0.39, 0.29) is 5.69 Å². The zero-order chi connectivity index (χ0) is 11.5. The number of nitrogens with one attached hydrogen (secondary N) is 1. The van der Waals surface area contributed by atoms with Gasteiger partial charge in [0.1, 0.15) is 5.76 Å². The van der Waals surface area contributed by atoms with Crippen LogP contribution in [-0.2, 0) is 6.54 Å². The second-order valence-electron chi connectivity index (χ2n) is 3.06. The smallest absolute Gasteiger partial charge is 0.355 e. The van der Waals surface area contributed by atoms with Crippen molar-refractivity contribution in [3.05, 3.63) is 28.9 Å². The number of hydrogen-bond donors (Lipinski definition) is 2. The molecule has 0 spiro atoms. The molecule has 2 aromatic rings. The Kier molecular flexibility index (Phi) is 2.86. The summed E-state index contributed by atoms with van der Waals surface area (Å²) in [6.45, 7) is 2.20. The summed E-state index contributed by atoms with van der Waals surface area (Å²) in [5.41, 5.74) is 0.0380. The summed E-state index contributed by atoms with van der Waals surface area (Å²) in [6, 6.07) is 0. The summed E-state index contributed by atoms with van der Waals surface area (Å²) in [5, 5.41) is 13.6. The SMILES string of the molecule is Cc1cnc(CNc2nc(C(=O)O)cs2)o1. The fourth-order valence-electron chi connectivity index (χ4n) is 1.09. The number of carboxylic acids is 1. The Morgan fingerprint density at radius 1 is 1.69 bits per heavy atom. The van der Waals surface area contributed by atoms with Crippen LogP contribution >= 0.6 is 11.3 Å². The van der Waals surface area contributed by atoms with E-state index >= 15 is 0 Å². The maximum atomic E-state index is 10.6. The monoisotopic (exact) mass is 239 g/mol. The van der Waals surface area contributed by atoms with Gasteiger partial charge in [-0.3, -0.25) is 0 Å². The van der Waals surface area contributed by atoms with E-state index in [4.69, 9.17) is 9.52 Å². The minimum Gasteiger partial charge on any atom is -0.476 e. The molecule has 2 aromatic heterocycles. The van der Waals surface area contributed by atoms with Gasteiger partial charge in [0.25, 0.3) is 0 Å². The van der Waals surface area contributed by atoms with Crippen LogP contribution in [0.1, 0.15) is 22.1 Å². The zero-order valence-electron chi connectivity index (χ0n) is 8.43. The largest absolute Gasteiger partial charge is 0.476 e. The molecule has 0 unspecified atom stereocenters. The lowest BCUT2D eigenvalue weighted by Gasteiger charge is -1.96. The van der Waals surface area contributed by atoms with E-state index in [1.807, 2.05) is 6.92 Å². The molecule has 16 heavy (non-hydrogen) atoms. The van der Waals surface area contributed by atoms with Crippen molar-refractivity contribution >= 4 is 22.4 Å². The first-order chi connectivity index (χ1) is 7.65. The summed E-state index contributed by atoms with van der Waals surface area (Å²) in [6.07, 6.45) is 1.63. The van der Waals surface area contributed by atoms with Crippen molar-refractivity contribution in [1.82, 2.24) is 9.97 Å². The first-order valence-corrected chi connectivity index (χ1v) is 5.37. The average molecular weight is 239 g/mol. The second-order valence-corrected chi connectivity index (χ2v) is 3.92. The second kappa shape index (κ2) is 4.31. The molecule has 0 aliphatic rings. The van der Waals surface area contributed by atoms with E-state index in [0.717, 1.165) is 5.76 Å². The molecule has 0 bridgehead atoms. The zero-order valence-corrected chi connectivity index (χ0v) is 9.24. The Balaban J connectivity index is 1.97. The van der Waals surface area contributed by atoms with Crippen LogP contribution in [0.15, 0.2) is 16.0 Å². The number of aromatic nitrogens is 2. The van der Waals surface area contributed by atoms with Crippen molar-refractivity contribution in [3.63, 3.8) is 0 Å². The molecular formula is C9H9N3O3S. The van der Waals surface area contributed by atoms with E-state index in [9.17, 15) is 4.79 Å². The van der Waals surface area contributed by atoms with Gasteiger partial charge in [-0.1, -0.05) is 0 Å². The van der Waals surface area contributed by atoms with Gasteiger partial charge in [0.15, 0.2) is 10.8 Å². The Labute approximate surface area is 95.0 Å². The van der Waals surface area contributed by atoms with Gasteiger partial charge in [-0.15, -0.1) is 11.3 Å². The van der Waals surface area contributed by atoms with E-state index in [0.29, 0.717) is 17.6 Å². The Morgan fingerprint density at radius 2 is 2.50 bits per heavy atom. The quantitative estimate of drug-likeness (QED) is 0.845. The van der Waals surface area contributed by atoms with Crippen LogP contribution in [0.5, 0.6) is 0 Å². The molecule has 7 heteroatoms. The van der Waals surface area contributed by atoms with Crippen LogP contribution in [0.25, 0.3) is 0 Å². The lowest BCUT2D eigenvalue weighted by atomic mass is 10.5. The maximum Gasteiger partial charge on any atom is 0.355 e. The van der Waals surface area contributed by atoms with Gasteiger partial charge in [-0.25, -0.2) is 14.8 Å². The number of carbonyl (C=O) groups is 1. The standard InChI is InChI=1S/C9H9N3O3S/c1-5-2-10-7(15-5)3-11-9-12-6(4-16-9)8(13)14/h2,4H,3H2,1H3,(H,11,12)(H,13,14). The molecule has 0 fully saturated rings. The number of aryl methyl sites for hydroxylation is 1. The minimum absolute atomic E-state index is 0.0380. The highest BCUT2D eigenvalue weighted by molar-refractivity contribution is 7.13. The van der Waals surface area contributed by atoms with Gasteiger partial charge in [-0.2, -0.15) is 0 Å². The number of carboxylic acid groups (broad SMARTS) is 1. The number of hydrogen-bond acceptors (Lipinski definition) is 6. The lowest BCUT2D eigenvalue weighted by Crippen LogP contribution is -2.01. The van der Waals surface area contributed by atoms with Crippen molar-refractivity contribution in [2.75, 3.05) is 5.32 Å². The molecule has 0 radical (unpaired) electrons. The maximum absolute atomic E-state index is 10.6. The van der Waals surface area contributed by atoms with Crippen molar-refractivity contribution in [1.29, 1.82) is 0 Å². The van der Waals surface area contributed by atoms with Gasteiger partial charge < -0.3 is 14.8 Å². The predicted octanol–water partition coefficient (Wildman–Crippen LogP) is 1.75. The van der Waals surface area contributed by atoms with Crippen LogP contribution in [-0.4, -0.2) is 21.0 Å². The highest BCUT2D eigenvalue weighted by Gasteiger charge is 2.08. The van der Waals surface area contributed by atoms with Gasteiger partial charge in [0, 0.05) is 5.38 Å². The summed E-state index contributed by atoms with van der Waals surface area (Å²) in [4.78, 5) is 18.5. The normalized spacial score (nSPS) is 10.3. The van der Waals surface area contributed by atoms with Gasteiger partial charge in [-0.05, 0) is 6.92 Å². The predicted molar refractivity (Wildman–Crippen MR) is 57.6 cm³/mol. The third-order valence-electron chi connectivity index (χ3n) is 1.78. The Hall–Kier alpha value is -1.89. The van der Waals surface area contributed by atoms with Crippen molar-refractivity contribution < 1.29 is 14.3 Å². The third-order valence-corrected chi connectivity index (χ3v) is 2.58. The fourth-order valence-corrected chi connectivity index (χ4v) is 1.77. The van der Waals surface area contributed by atoms with E-state index in [1.165, 1.54) is 16.7 Å². The van der Waals surface area contributed by atoms with Crippen molar-refractivity contribution in [2.24, 2.45) is 0 Å². The lowest BCUT2D eigenvalue weighted by molar-refractivity contribution is 0.0691. The van der Waals surface area contributed by atoms with Crippen molar-refractivity contribution in [2.45, 2.75) is 13.5 Å². The molecule has 0 saturated heterocycles. The number of nitrogens with zero attached hydrogens (tertiary/aromatic N) is 2. The molecule has 0 atom stereocenters. The number of thiazole rings is 1. The van der Waals surface area contributed by atoms with Gasteiger partial charge >= 0.3 is 5.97 Å². The summed E-state index contributed by atoms with van der Waals surface area (Å²) in [7, 11) is 0. The molecule has 6 nitrogen and oxygen atoms in total. The molecule has 2 heterocycles. The number of rotatable bonds is 4. The first-order valence-electron chi connectivity index (χ1n) is 4.49. The number of oxazole rings is 1.